The van der Waals surface area contributed by atoms with Gasteiger partial charge in [-0.25, -0.2) is 0 Å². The molecule has 1 aromatic rings. The number of aryl methyl sites for hydroxylation is 1. The molecule has 0 aliphatic carbocycles. The molecule has 1 amide bonds. The minimum atomic E-state index is -0.136. The molecule has 4 nitrogen and oxygen atoms in total. The van der Waals surface area contributed by atoms with Crippen molar-refractivity contribution >= 4 is 11.6 Å². The molecular formula is C8H11N3O. The zero-order valence-corrected chi connectivity index (χ0v) is 7.19. The van der Waals surface area contributed by atoms with Crippen molar-refractivity contribution in [2.24, 2.45) is 7.05 Å². The minimum Gasteiger partial charge on any atom is -0.309 e. The average molecular weight is 165 g/mol. The van der Waals surface area contributed by atoms with Crippen LogP contribution in [0.3, 0.4) is 0 Å². The van der Waals surface area contributed by atoms with Crippen molar-refractivity contribution in [2.75, 3.05) is 11.9 Å². The molecule has 0 N–H and O–H groups in total. The van der Waals surface area contributed by atoms with E-state index in [1.165, 1.54) is 11.0 Å². The van der Waals surface area contributed by atoms with Crippen molar-refractivity contribution in [3.63, 3.8) is 0 Å². The van der Waals surface area contributed by atoms with Crippen LogP contribution in [0.25, 0.3) is 0 Å². The highest BCUT2D eigenvalue weighted by Gasteiger charge is 2.07. The molecule has 12 heavy (non-hydrogen) atoms. The second-order valence-electron chi connectivity index (χ2n) is 2.47. The molecule has 0 saturated carbocycles. The number of carbonyl (C=O) groups excluding carboxylic acids is 1. The largest absolute Gasteiger partial charge is 0.309 e. The second-order valence-corrected chi connectivity index (χ2v) is 2.47. The van der Waals surface area contributed by atoms with Crippen molar-refractivity contribution in [2.45, 2.75) is 0 Å². The number of anilines is 1. The number of amides is 1. The minimum absolute atomic E-state index is 0.136. The third kappa shape index (κ3) is 1.53. The van der Waals surface area contributed by atoms with Gasteiger partial charge in [0.25, 0.3) is 0 Å². The molecule has 0 unspecified atom stereocenters. The highest BCUT2D eigenvalue weighted by molar-refractivity contribution is 6.00. The van der Waals surface area contributed by atoms with E-state index in [1.54, 1.807) is 31.2 Å². The summed E-state index contributed by atoms with van der Waals surface area (Å²) < 4.78 is 1.64. The van der Waals surface area contributed by atoms with Crippen molar-refractivity contribution in [1.29, 1.82) is 0 Å². The SMILES string of the molecule is C=CC(=O)N(C)c1cnn(C)c1. The van der Waals surface area contributed by atoms with Crippen LogP contribution in [-0.4, -0.2) is 22.7 Å². The second kappa shape index (κ2) is 3.21. The van der Waals surface area contributed by atoms with Crippen LogP contribution in [0.5, 0.6) is 0 Å². The Balaban J connectivity index is 2.84. The summed E-state index contributed by atoms with van der Waals surface area (Å²) in [7, 11) is 3.48. The predicted molar refractivity (Wildman–Crippen MR) is 46.8 cm³/mol. The Hall–Kier alpha value is -1.58. The van der Waals surface area contributed by atoms with Crippen molar-refractivity contribution in [3.05, 3.63) is 25.0 Å². The van der Waals surface area contributed by atoms with Crippen molar-refractivity contribution < 1.29 is 4.79 Å². The summed E-state index contributed by atoms with van der Waals surface area (Å²) in [6.07, 6.45) is 4.66. The molecule has 4 heteroatoms. The summed E-state index contributed by atoms with van der Waals surface area (Å²) in [4.78, 5) is 12.6. The maximum Gasteiger partial charge on any atom is 0.250 e. The summed E-state index contributed by atoms with van der Waals surface area (Å²) in [5.74, 6) is -0.136. The molecule has 0 aliphatic heterocycles. The summed E-state index contributed by atoms with van der Waals surface area (Å²) in [5, 5.41) is 3.94. The smallest absolute Gasteiger partial charge is 0.250 e. The maximum absolute atomic E-state index is 11.1. The monoisotopic (exact) mass is 165 g/mol. The zero-order valence-electron chi connectivity index (χ0n) is 7.19. The van der Waals surface area contributed by atoms with E-state index in [0.29, 0.717) is 0 Å². The third-order valence-electron chi connectivity index (χ3n) is 1.58. The van der Waals surface area contributed by atoms with Gasteiger partial charge in [-0.1, -0.05) is 6.58 Å². The van der Waals surface area contributed by atoms with Crippen LogP contribution in [-0.2, 0) is 11.8 Å². The fourth-order valence-corrected chi connectivity index (χ4v) is 0.846. The highest BCUT2D eigenvalue weighted by Crippen LogP contribution is 2.09. The van der Waals surface area contributed by atoms with Crippen LogP contribution >= 0.6 is 0 Å². The zero-order chi connectivity index (χ0) is 9.14. The Kier molecular flexibility index (Phi) is 2.28. The van der Waals surface area contributed by atoms with E-state index in [0.717, 1.165) is 5.69 Å². The number of hydrogen-bond acceptors (Lipinski definition) is 2. The van der Waals surface area contributed by atoms with E-state index in [9.17, 15) is 4.79 Å². The molecule has 1 rings (SSSR count). The molecule has 0 radical (unpaired) electrons. The Morgan fingerprint density at radius 3 is 2.92 bits per heavy atom. The molecule has 64 valence electrons. The summed E-state index contributed by atoms with van der Waals surface area (Å²) in [6.45, 7) is 3.40. The molecule has 1 aromatic heterocycles. The molecule has 0 saturated heterocycles. The first-order chi connectivity index (χ1) is 5.65. The van der Waals surface area contributed by atoms with Crippen LogP contribution in [0.1, 0.15) is 0 Å². The Morgan fingerprint density at radius 1 is 1.83 bits per heavy atom. The summed E-state index contributed by atoms with van der Waals surface area (Å²) >= 11 is 0. The molecule has 0 fully saturated rings. The van der Waals surface area contributed by atoms with Gasteiger partial charge < -0.3 is 4.90 Å². The molecule has 0 atom stereocenters. The molecule has 0 aromatic carbocycles. The van der Waals surface area contributed by atoms with E-state index < -0.39 is 0 Å². The number of aromatic nitrogens is 2. The maximum atomic E-state index is 11.1. The number of rotatable bonds is 2. The fourth-order valence-electron chi connectivity index (χ4n) is 0.846. The summed E-state index contributed by atoms with van der Waals surface area (Å²) in [5.41, 5.74) is 0.766. The lowest BCUT2D eigenvalue weighted by molar-refractivity contribution is -0.113. The fraction of sp³-hybridized carbons (Fsp3) is 0.250. The third-order valence-corrected chi connectivity index (χ3v) is 1.58. The number of likely N-dealkylation sites (N-methyl/N-ethyl adjacent to an activating group) is 1. The van der Waals surface area contributed by atoms with E-state index >= 15 is 0 Å². The van der Waals surface area contributed by atoms with Gasteiger partial charge in [-0.3, -0.25) is 9.48 Å². The molecule has 0 bridgehead atoms. The first-order valence-electron chi connectivity index (χ1n) is 3.54. The average Bonchev–Trinajstić information content (AvgIpc) is 2.49. The van der Waals surface area contributed by atoms with E-state index in [1.807, 2.05) is 0 Å². The van der Waals surface area contributed by atoms with Crippen LogP contribution in [0.15, 0.2) is 25.0 Å². The standard InChI is InChI=1S/C8H11N3O/c1-4-8(12)11(3)7-5-9-10(2)6-7/h4-6H,1H2,2-3H3. The quantitative estimate of drug-likeness (QED) is 0.601. The first-order valence-corrected chi connectivity index (χ1v) is 3.54. The van der Waals surface area contributed by atoms with Crippen LogP contribution in [0, 0.1) is 0 Å². The van der Waals surface area contributed by atoms with Gasteiger partial charge in [0.15, 0.2) is 0 Å². The van der Waals surface area contributed by atoms with Crippen molar-refractivity contribution in [3.8, 4) is 0 Å². The van der Waals surface area contributed by atoms with Crippen LogP contribution < -0.4 is 4.90 Å². The normalized spacial score (nSPS) is 9.50. The molecule has 0 spiro atoms. The van der Waals surface area contributed by atoms with Crippen LogP contribution in [0.4, 0.5) is 5.69 Å². The van der Waals surface area contributed by atoms with Gasteiger partial charge in [-0.05, 0) is 6.08 Å². The molecule has 0 aliphatic rings. The Morgan fingerprint density at radius 2 is 2.50 bits per heavy atom. The van der Waals surface area contributed by atoms with Gasteiger partial charge in [0.05, 0.1) is 11.9 Å². The number of hydrogen-bond donors (Lipinski definition) is 0. The lowest BCUT2D eigenvalue weighted by Gasteiger charge is -2.10. The van der Waals surface area contributed by atoms with Crippen LogP contribution in [0.2, 0.25) is 0 Å². The van der Waals surface area contributed by atoms with Gasteiger partial charge in [0, 0.05) is 20.3 Å². The van der Waals surface area contributed by atoms with Gasteiger partial charge >= 0.3 is 0 Å². The van der Waals surface area contributed by atoms with E-state index in [-0.39, 0.29) is 5.91 Å². The van der Waals surface area contributed by atoms with E-state index in [4.69, 9.17) is 0 Å². The topological polar surface area (TPSA) is 38.1 Å². The summed E-state index contributed by atoms with van der Waals surface area (Å²) in [6, 6.07) is 0. The lowest BCUT2D eigenvalue weighted by atomic mass is 10.4. The number of nitrogens with zero attached hydrogens (tertiary/aromatic N) is 3. The van der Waals surface area contributed by atoms with Gasteiger partial charge in [0.1, 0.15) is 0 Å². The Labute approximate surface area is 71.1 Å². The van der Waals surface area contributed by atoms with E-state index in [2.05, 4.69) is 11.7 Å². The molecular weight excluding hydrogens is 154 g/mol. The van der Waals surface area contributed by atoms with Gasteiger partial charge in [-0.15, -0.1) is 0 Å². The first kappa shape index (κ1) is 8.52. The number of carbonyl (C=O) groups is 1. The predicted octanol–water partition coefficient (Wildman–Crippen LogP) is 0.569. The lowest BCUT2D eigenvalue weighted by Crippen LogP contribution is -2.23. The highest BCUT2D eigenvalue weighted by atomic mass is 16.2. The van der Waals surface area contributed by atoms with Gasteiger partial charge in [-0.2, -0.15) is 5.10 Å². The Bertz CT molecular complexity index is 303. The molecule has 1 heterocycles. The van der Waals surface area contributed by atoms with Crippen molar-refractivity contribution in [1.82, 2.24) is 9.78 Å². The van der Waals surface area contributed by atoms with Gasteiger partial charge in [0.2, 0.25) is 5.91 Å².